The van der Waals surface area contributed by atoms with Crippen LogP contribution in [0.3, 0.4) is 0 Å². The number of ether oxygens (including phenoxy) is 1. The molecule has 1 aromatic heterocycles. The number of nitrogens with zero attached hydrogens (tertiary/aromatic N) is 1. The predicted octanol–water partition coefficient (Wildman–Crippen LogP) is 1.46. The molecule has 19 heavy (non-hydrogen) atoms. The maximum atomic E-state index is 12.7. The van der Waals surface area contributed by atoms with Gasteiger partial charge in [-0.1, -0.05) is 0 Å². The fourth-order valence-corrected chi connectivity index (χ4v) is 4.02. The molecule has 2 aliphatic rings. The Kier molecular flexibility index (Phi) is 3.86. The molecule has 2 heterocycles. The Labute approximate surface area is 117 Å². The molecule has 104 valence electrons. The van der Waals surface area contributed by atoms with E-state index in [0.717, 1.165) is 18.4 Å². The molecule has 1 N–H and O–H groups in total. The van der Waals surface area contributed by atoms with Gasteiger partial charge in [-0.2, -0.15) is 0 Å². The summed E-state index contributed by atoms with van der Waals surface area (Å²) in [5.74, 6) is 0.0711. The zero-order valence-corrected chi connectivity index (χ0v) is 11.7. The molecular weight excluding hydrogens is 262 g/mol. The maximum absolute atomic E-state index is 12.7. The normalized spacial score (nSPS) is 23.2. The van der Waals surface area contributed by atoms with Crippen LogP contribution in [0.4, 0.5) is 0 Å². The molecule has 0 bridgehead atoms. The van der Waals surface area contributed by atoms with Crippen LogP contribution in [-0.2, 0) is 17.6 Å². The van der Waals surface area contributed by atoms with Gasteiger partial charge < -0.3 is 14.7 Å². The minimum Gasteiger partial charge on any atom is -0.394 e. The highest BCUT2D eigenvalue weighted by atomic mass is 32.1. The van der Waals surface area contributed by atoms with E-state index in [1.54, 1.807) is 16.2 Å². The number of rotatable bonds is 2. The lowest BCUT2D eigenvalue weighted by Gasteiger charge is -2.34. The van der Waals surface area contributed by atoms with Crippen molar-refractivity contribution < 1.29 is 14.6 Å². The molecule has 0 spiro atoms. The van der Waals surface area contributed by atoms with E-state index in [1.807, 2.05) is 5.38 Å². The molecule has 4 nitrogen and oxygen atoms in total. The summed E-state index contributed by atoms with van der Waals surface area (Å²) in [5, 5.41) is 11.4. The second-order valence-corrected chi connectivity index (χ2v) is 6.13. The molecule has 1 fully saturated rings. The first-order chi connectivity index (χ1) is 9.31. The van der Waals surface area contributed by atoms with Gasteiger partial charge in [0, 0.05) is 16.8 Å². The van der Waals surface area contributed by atoms with Crippen LogP contribution in [-0.4, -0.2) is 48.3 Å². The molecule has 1 aliphatic heterocycles. The Morgan fingerprint density at radius 1 is 1.47 bits per heavy atom. The van der Waals surface area contributed by atoms with Gasteiger partial charge in [0.25, 0.3) is 5.91 Å². The number of fused-ring (bicyclic) bond motifs is 1. The Morgan fingerprint density at radius 3 is 3.16 bits per heavy atom. The first-order valence-corrected chi connectivity index (χ1v) is 7.78. The zero-order chi connectivity index (χ0) is 13.2. The molecule has 5 heteroatoms. The highest BCUT2D eigenvalue weighted by molar-refractivity contribution is 7.10. The number of aliphatic hydroxyl groups excluding tert-OH is 1. The SMILES string of the molecule is O=C(c1csc2c1CCCC2)N1CCOCC1CO. The number of aliphatic hydroxyl groups is 1. The van der Waals surface area contributed by atoms with Crippen LogP contribution in [0.2, 0.25) is 0 Å². The third kappa shape index (κ3) is 2.42. The van der Waals surface area contributed by atoms with E-state index >= 15 is 0 Å². The van der Waals surface area contributed by atoms with Crippen molar-refractivity contribution >= 4 is 17.2 Å². The van der Waals surface area contributed by atoms with Crippen LogP contribution in [0.1, 0.15) is 33.6 Å². The van der Waals surface area contributed by atoms with Gasteiger partial charge in [0.15, 0.2) is 0 Å². The summed E-state index contributed by atoms with van der Waals surface area (Å²) in [5.41, 5.74) is 2.12. The Balaban J connectivity index is 1.84. The van der Waals surface area contributed by atoms with E-state index in [-0.39, 0.29) is 18.6 Å². The van der Waals surface area contributed by atoms with Crippen LogP contribution < -0.4 is 0 Å². The Morgan fingerprint density at radius 2 is 2.32 bits per heavy atom. The molecular formula is C14H19NO3S. The van der Waals surface area contributed by atoms with Crippen LogP contribution in [0.25, 0.3) is 0 Å². The third-order valence-corrected chi connectivity index (χ3v) is 5.08. The van der Waals surface area contributed by atoms with Gasteiger partial charge in [0.2, 0.25) is 0 Å². The summed E-state index contributed by atoms with van der Waals surface area (Å²) in [6.45, 7) is 1.55. The summed E-state index contributed by atoms with van der Waals surface area (Å²) in [4.78, 5) is 15.8. The molecule has 1 saturated heterocycles. The van der Waals surface area contributed by atoms with Crippen molar-refractivity contribution in [2.24, 2.45) is 0 Å². The lowest BCUT2D eigenvalue weighted by atomic mass is 9.95. The lowest BCUT2D eigenvalue weighted by molar-refractivity contribution is -0.0184. The van der Waals surface area contributed by atoms with Gasteiger partial charge >= 0.3 is 0 Å². The number of hydrogen-bond acceptors (Lipinski definition) is 4. The van der Waals surface area contributed by atoms with Crippen molar-refractivity contribution in [1.82, 2.24) is 4.90 Å². The van der Waals surface area contributed by atoms with E-state index in [0.29, 0.717) is 19.8 Å². The van der Waals surface area contributed by atoms with Crippen molar-refractivity contribution in [3.8, 4) is 0 Å². The second kappa shape index (κ2) is 5.61. The quantitative estimate of drug-likeness (QED) is 0.893. The van der Waals surface area contributed by atoms with E-state index in [2.05, 4.69) is 0 Å². The summed E-state index contributed by atoms with van der Waals surface area (Å²) < 4.78 is 5.33. The molecule has 0 saturated carbocycles. The van der Waals surface area contributed by atoms with Crippen LogP contribution in [0, 0.1) is 0 Å². The molecule has 1 unspecified atom stereocenters. The summed E-state index contributed by atoms with van der Waals surface area (Å²) in [6, 6.07) is -0.194. The van der Waals surface area contributed by atoms with Crippen molar-refractivity contribution in [1.29, 1.82) is 0 Å². The van der Waals surface area contributed by atoms with Gasteiger partial charge in [-0.25, -0.2) is 0 Å². The fraction of sp³-hybridized carbons (Fsp3) is 0.643. The molecule has 0 aromatic carbocycles. The first-order valence-electron chi connectivity index (χ1n) is 6.90. The minimum absolute atomic E-state index is 0.0297. The average molecular weight is 281 g/mol. The van der Waals surface area contributed by atoms with Gasteiger partial charge in [0.05, 0.1) is 31.4 Å². The smallest absolute Gasteiger partial charge is 0.255 e. The molecule has 3 rings (SSSR count). The minimum atomic E-state index is -0.194. The number of morpholine rings is 1. The molecule has 1 aliphatic carbocycles. The number of thiophene rings is 1. The third-order valence-electron chi connectivity index (χ3n) is 3.99. The Bertz CT molecular complexity index is 471. The standard InChI is InChI=1S/C14H19NO3S/c16-7-10-8-18-6-5-15(10)14(17)12-9-19-13-4-2-1-3-11(12)13/h9-10,16H,1-8H2. The Hall–Kier alpha value is -0.910. The van der Waals surface area contributed by atoms with Crippen LogP contribution in [0.15, 0.2) is 5.38 Å². The molecule has 1 aromatic rings. The number of hydrogen-bond donors (Lipinski definition) is 1. The number of amides is 1. The van der Waals surface area contributed by atoms with E-state index in [4.69, 9.17) is 4.74 Å². The van der Waals surface area contributed by atoms with Crippen molar-refractivity contribution in [2.45, 2.75) is 31.7 Å². The molecule has 1 amide bonds. The summed E-state index contributed by atoms with van der Waals surface area (Å²) in [6.07, 6.45) is 4.54. The topological polar surface area (TPSA) is 49.8 Å². The largest absolute Gasteiger partial charge is 0.394 e. The van der Waals surface area contributed by atoms with Gasteiger partial charge in [0.1, 0.15) is 0 Å². The zero-order valence-electron chi connectivity index (χ0n) is 10.9. The van der Waals surface area contributed by atoms with Crippen molar-refractivity contribution in [3.63, 3.8) is 0 Å². The van der Waals surface area contributed by atoms with E-state index in [1.165, 1.54) is 23.3 Å². The summed E-state index contributed by atoms with van der Waals surface area (Å²) in [7, 11) is 0. The predicted molar refractivity (Wildman–Crippen MR) is 73.7 cm³/mol. The van der Waals surface area contributed by atoms with Crippen molar-refractivity contribution in [3.05, 3.63) is 21.4 Å². The number of carbonyl (C=O) groups is 1. The monoisotopic (exact) mass is 281 g/mol. The molecule has 0 radical (unpaired) electrons. The lowest BCUT2D eigenvalue weighted by Crippen LogP contribution is -2.50. The average Bonchev–Trinajstić information content (AvgIpc) is 2.90. The first kappa shape index (κ1) is 13.1. The number of carbonyl (C=O) groups excluding carboxylic acids is 1. The van der Waals surface area contributed by atoms with Gasteiger partial charge in [-0.3, -0.25) is 4.79 Å². The highest BCUT2D eigenvalue weighted by Crippen LogP contribution is 2.31. The number of aryl methyl sites for hydroxylation is 1. The van der Waals surface area contributed by atoms with E-state index in [9.17, 15) is 9.90 Å². The maximum Gasteiger partial charge on any atom is 0.255 e. The summed E-state index contributed by atoms with van der Waals surface area (Å²) >= 11 is 1.71. The van der Waals surface area contributed by atoms with Gasteiger partial charge in [-0.15, -0.1) is 11.3 Å². The highest BCUT2D eigenvalue weighted by Gasteiger charge is 2.30. The molecule has 1 atom stereocenters. The van der Waals surface area contributed by atoms with Gasteiger partial charge in [-0.05, 0) is 31.2 Å². The fourth-order valence-electron chi connectivity index (χ4n) is 2.90. The van der Waals surface area contributed by atoms with Crippen molar-refractivity contribution in [2.75, 3.05) is 26.4 Å². The van der Waals surface area contributed by atoms with Crippen LogP contribution >= 0.6 is 11.3 Å². The van der Waals surface area contributed by atoms with E-state index < -0.39 is 0 Å². The van der Waals surface area contributed by atoms with Crippen LogP contribution in [0.5, 0.6) is 0 Å². The second-order valence-electron chi connectivity index (χ2n) is 5.17.